The number of nitrogens with zero attached hydrogens (tertiary/aromatic N) is 3. The van der Waals surface area contributed by atoms with Crippen LogP contribution in [0.25, 0.3) is 22.3 Å². The first-order valence-corrected chi connectivity index (χ1v) is 18.1. The van der Waals surface area contributed by atoms with Crippen molar-refractivity contribution in [3.63, 3.8) is 0 Å². The van der Waals surface area contributed by atoms with Gasteiger partial charge in [-0.1, -0.05) is 6.92 Å². The molecule has 0 spiro atoms. The van der Waals surface area contributed by atoms with Gasteiger partial charge in [-0.3, -0.25) is 9.59 Å². The van der Waals surface area contributed by atoms with E-state index in [0.717, 1.165) is 21.6 Å². The molecule has 12 nitrogen and oxygen atoms in total. The fourth-order valence-corrected chi connectivity index (χ4v) is 8.92. The Labute approximate surface area is 274 Å². The number of carbonyl (C=O) groups is 3. The topological polar surface area (TPSA) is 170 Å². The maximum Gasteiger partial charge on any atom is 0.407 e. The van der Waals surface area contributed by atoms with E-state index in [1.165, 1.54) is 0 Å². The number of esters is 2. The molecule has 1 atom stereocenters. The van der Waals surface area contributed by atoms with Gasteiger partial charge in [0, 0.05) is 34.4 Å². The molecule has 1 amide bonds. The Bertz CT molecular complexity index is 1890. The highest BCUT2D eigenvalue weighted by molar-refractivity contribution is 8.32. The van der Waals surface area contributed by atoms with Crippen LogP contribution in [0.3, 0.4) is 0 Å². The second-order valence-electron chi connectivity index (χ2n) is 13.2. The number of cyclic esters (lactones) is 1. The van der Waals surface area contributed by atoms with Gasteiger partial charge in [0.1, 0.15) is 18.0 Å². The largest absolute Gasteiger partial charge is 0.508 e. The Morgan fingerprint density at radius 3 is 2.64 bits per heavy atom. The Morgan fingerprint density at radius 2 is 1.96 bits per heavy atom. The van der Waals surface area contributed by atoms with Gasteiger partial charge in [-0.05, 0) is 76.1 Å². The van der Waals surface area contributed by atoms with Crippen LogP contribution in [0.15, 0.2) is 34.0 Å². The summed E-state index contributed by atoms with van der Waals surface area (Å²) in [6, 6.07) is 8.91. The Balaban J connectivity index is 1.57. The average molecular weight is 665 g/mol. The van der Waals surface area contributed by atoms with Crippen LogP contribution in [0, 0.1) is 11.3 Å². The summed E-state index contributed by atoms with van der Waals surface area (Å²) in [6.07, 6.45) is 4.51. The van der Waals surface area contributed by atoms with Crippen molar-refractivity contribution >= 4 is 39.0 Å². The third kappa shape index (κ3) is 6.39. The summed E-state index contributed by atoms with van der Waals surface area (Å²) in [5.41, 5.74) is 0.0614. The highest BCUT2D eigenvalue weighted by atomic mass is 32.3. The predicted octanol–water partition coefficient (Wildman–Crippen LogP) is 4.98. The molecule has 1 aromatic carbocycles. The van der Waals surface area contributed by atoms with Crippen molar-refractivity contribution in [2.75, 3.05) is 24.8 Å². The Hall–Kier alpha value is -4.57. The summed E-state index contributed by atoms with van der Waals surface area (Å²) in [4.78, 5) is 58.6. The fourth-order valence-electron chi connectivity index (χ4n) is 6.26. The number of pyridine rings is 2. The number of unbranched alkanes of at least 4 members (excludes halogenated alkanes) is 1. The molecule has 5 rings (SSSR count). The number of hydrogen-bond acceptors (Lipinski definition) is 10. The van der Waals surface area contributed by atoms with Crippen molar-refractivity contribution in [3.8, 4) is 23.2 Å². The van der Waals surface area contributed by atoms with E-state index in [1.54, 1.807) is 56.5 Å². The number of fused-ring (bicyclic) bond motifs is 5. The molecule has 0 saturated heterocycles. The van der Waals surface area contributed by atoms with Gasteiger partial charge in [0.25, 0.3) is 5.56 Å². The molecule has 0 radical (unpaired) electrons. The monoisotopic (exact) mass is 664 g/mol. The molecule has 4 heterocycles. The molecule has 2 N–H and O–H groups in total. The number of benzene rings is 1. The van der Waals surface area contributed by atoms with Gasteiger partial charge in [0.2, 0.25) is 5.60 Å². The number of aromatic nitrogens is 2. The lowest BCUT2D eigenvalue weighted by Gasteiger charge is -2.35. The number of hydrogen-bond donors (Lipinski definition) is 2. The van der Waals surface area contributed by atoms with Crippen molar-refractivity contribution in [2.45, 2.75) is 82.6 Å². The number of aromatic hydroxyl groups is 1. The first kappa shape index (κ1) is 33.8. The number of phenolic OH excluding ortho intramolecular Hbond substituents is 1. The molecule has 0 unspecified atom stereocenters. The molecular formula is C34H40N4O8S. The SMILES string of the molecule is CC[C@@]1(OC(=O)CCNC(=O)OC(C)(C)C)C(=O)OCc2c1cc1n(c2=O)Cc2c-1nc1ccc(O)cc1c2S(C)(C)CCCC#N. The molecule has 2 aliphatic rings. The molecule has 13 heteroatoms. The van der Waals surface area contributed by atoms with Crippen LogP contribution in [0.5, 0.6) is 5.75 Å². The summed E-state index contributed by atoms with van der Waals surface area (Å²) in [6.45, 7) is 6.70. The van der Waals surface area contributed by atoms with Crippen molar-refractivity contribution < 1.29 is 33.7 Å². The summed E-state index contributed by atoms with van der Waals surface area (Å²) < 4.78 is 18.1. The van der Waals surface area contributed by atoms with Crippen LogP contribution in [-0.2, 0) is 42.6 Å². The molecule has 47 heavy (non-hydrogen) atoms. The zero-order valence-corrected chi connectivity index (χ0v) is 28.3. The Kier molecular flexibility index (Phi) is 9.03. The second-order valence-corrected chi connectivity index (χ2v) is 17.1. The maximum atomic E-state index is 14.1. The first-order valence-electron chi connectivity index (χ1n) is 15.5. The molecule has 0 saturated carbocycles. The van der Waals surface area contributed by atoms with Gasteiger partial charge in [-0.2, -0.15) is 5.26 Å². The summed E-state index contributed by atoms with van der Waals surface area (Å²) in [5.74, 6) is -0.678. The summed E-state index contributed by atoms with van der Waals surface area (Å²) in [5, 5.41) is 22.9. The minimum absolute atomic E-state index is 0.00552. The minimum atomic E-state index is -1.87. The van der Waals surface area contributed by atoms with Crippen LogP contribution in [0.2, 0.25) is 0 Å². The third-order valence-corrected chi connectivity index (χ3v) is 11.2. The lowest BCUT2D eigenvalue weighted by Crippen LogP contribution is -2.47. The van der Waals surface area contributed by atoms with E-state index in [4.69, 9.17) is 19.2 Å². The van der Waals surface area contributed by atoms with Crippen molar-refractivity contribution in [2.24, 2.45) is 0 Å². The third-order valence-electron chi connectivity index (χ3n) is 8.37. The zero-order valence-electron chi connectivity index (χ0n) is 27.5. The molecule has 0 fully saturated rings. The van der Waals surface area contributed by atoms with E-state index < -0.39 is 39.3 Å². The van der Waals surface area contributed by atoms with E-state index in [0.29, 0.717) is 29.7 Å². The van der Waals surface area contributed by atoms with Gasteiger partial charge in [-0.15, -0.1) is 0 Å². The summed E-state index contributed by atoms with van der Waals surface area (Å²) >= 11 is 0. The van der Waals surface area contributed by atoms with E-state index in [9.17, 15) is 29.5 Å². The quantitative estimate of drug-likeness (QED) is 0.141. The van der Waals surface area contributed by atoms with Gasteiger partial charge >= 0.3 is 18.0 Å². The fraction of sp³-hybridized carbons (Fsp3) is 0.471. The molecular weight excluding hydrogens is 624 g/mol. The molecule has 0 bridgehead atoms. The Morgan fingerprint density at radius 1 is 1.21 bits per heavy atom. The molecule has 250 valence electrons. The molecule has 0 aliphatic carbocycles. The van der Waals surface area contributed by atoms with Crippen LogP contribution >= 0.6 is 10.0 Å². The van der Waals surface area contributed by atoms with Crippen LogP contribution < -0.4 is 10.9 Å². The lowest BCUT2D eigenvalue weighted by atomic mass is 9.85. The average Bonchev–Trinajstić information content (AvgIpc) is 3.34. The van der Waals surface area contributed by atoms with E-state index in [2.05, 4.69) is 23.9 Å². The first-order chi connectivity index (χ1) is 22.1. The number of nitrogens with one attached hydrogen (secondary N) is 1. The van der Waals surface area contributed by atoms with Gasteiger partial charge < -0.3 is 29.2 Å². The highest BCUT2D eigenvalue weighted by Gasteiger charge is 2.50. The van der Waals surface area contributed by atoms with Crippen LogP contribution in [0.4, 0.5) is 4.79 Å². The normalized spacial score (nSPS) is 17.2. The number of amides is 1. The van der Waals surface area contributed by atoms with E-state index in [-0.39, 0.29) is 55.0 Å². The van der Waals surface area contributed by atoms with Crippen LogP contribution in [0.1, 0.15) is 70.1 Å². The van der Waals surface area contributed by atoms with Crippen molar-refractivity contribution in [3.05, 3.63) is 51.3 Å². The number of phenols is 1. The van der Waals surface area contributed by atoms with Gasteiger partial charge in [0.05, 0.1) is 41.5 Å². The number of carbonyl (C=O) groups excluding carboxylic acids is 3. The van der Waals surface area contributed by atoms with Crippen molar-refractivity contribution in [1.29, 1.82) is 5.26 Å². The standard InChI is InChI=1S/C34H40N4O8S/c1-7-34(45-27(40)12-14-36-32(43)46-33(2,3)4)24-17-26-28-22(18-38(26)30(41)23(24)19-44-31(34)42)29(47(5,6)15-9-8-13-35)21-16-20(39)10-11-25(21)37-28/h10-11,16-17,39H,7-9,12,14-15,18-19H2,1-6H3,(H,36,43)/t34-/m0/s1. The van der Waals surface area contributed by atoms with Crippen LogP contribution in [-0.4, -0.2) is 63.1 Å². The molecule has 2 aliphatic heterocycles. The molecule has 3 aromatic rings. The maximum absolute atomic E-state index is 14.1. The predicted molar refractivity (Wildman–Crippen MR) is 176 cm³/mol. The number of nitriles is 1. The smallest absolute Gasteiger partial charge is 0.407 e. The van der Waals surface area contributed by atoms with E-state index in [1.807, 2.05) is 0 Å². The summed E-state index contributed by atoms with van der Waals surface area (Å²) in [7, 11) is -1.53. The van der Waals surface area contributed by atoms with Gasteiger partial charge in [-0.25, -0.2) is 24.6 Å². The number of ether oxygens (including phenoxy) is 3. The molecule has 2 aromatic heterocycles. The minimum Gasteiger partial charge on any atom is -0.508 e. The lowest BCUT2D eigenvalue weighted by molar-refractivity contribution is -0.189. The zero-order chi connectivity index (χ0) is 34.3. The van der Waals surface area contributed by atoms with Crippen molar-refractivity contribution in [1.82, 2.24) is 14.9 Å². The number of alkyl carbamates (subject to hydrolysis) is 1. The number of rotatable bonds is 9. The van der Waals surface area contributed by atoms with E-state index >= 15 is 0 Å². The van der Waals surface area contributed by atoms with Gasteiger partial charge in [0.15, 0.2) is 0 Å². The highest BCUT2D eigenvalue weighted by Crippen LogP contribution is 2.57. The second kappa shape index (κ2) is 12.6.